The second-order valence-corrected chi connectivity index (χ2v) is 3.63. The zero-order valence-electron chi connectivity index (χ0n) is 9.13. The number of hydrogen-bond donors (Lipinski definition) is 1. The van der Waals surface area contributed by atoms with Gasteiger partial charge >= 0.3 is 0 Å². The van der Waals surface area contributed by atoms with Crippen LogP contribution in [-0.4, -0.2) is 11.2 Å². The number of aliphatic hydroxyl groups is 1. The summed E-state index contributed by atoms with van der Waals surface area (Å²) in [6.07, 6.45) is 12.0. The summed E-state index contributed by atoms with van der Waals surface area (Å²) < 4.78 is 0. The molecule has 0 aliphatic rings. The van der Waals surface area contributed by atoms with E-state index >= 15 is 0 Å². The lowest BCUT2D eigenvalue weighted by Crippen LogP contribution is -2.01. The lowest BCUT2D eigenvalue weighted by Gasteiger charge is -2.03. The van der Waals surface area contributed by atoms with Gasteiger partial charge in [-0.2, -0.15) is 0 Å². The lowest BCUT2D eigenvalue weighted by atomic mass is 10.1. The zero-order chi connectivity index (χ0) is 9.94. The van der Waals surface area contributed by atoms with Crippen molar-refractivity contribution >= 4 is 0 Å². The predicted octanol–water partition coefficient (Wildman–Crippen LogP) is 3.67. The van der Waals surface area contributed by atoms with Gasteiger partial charge in [-0.3, -0.25) is 0 Å². The van der Waals surface area contributed by atoms with Crippen molar-refractivity contribution in [2.45, 2.75) is 64.9 Å². The van der Waals surface area contributed by atoms with Crippen LogP contribution in [0.5, 0.6) is 0 Å². The van der Waals surface area contributed by atoms with E-state index in [4.69, 9.17) is 0 Å². The highest BCUT2D eigenvalue weighted by Crippen LogP contribution is 2.05. The average molecular weight is 184 g/mol. The van der Waals surface area contributed by atoms with Gasteiger partial charge in [0.05, 0.1) is 6.10 Å². The SMILES string of the molecule is CCCC/C=C/[C@H](O)CCCCC. The Balaban J connectivity index is 3.27. The van der Waals surface area contributed by atoms with E-state index < -0.39 is 0 Å². The molecule has 0 aromatic heterocycles. The standard InChI is InChI=1S/C12H24O/c1-3-5-7-9-11-12(13)10-8-6-4-2/h9,11-13H,3-8,10H2,1-2H3/b11-9+/t12-/m1/s1. The van der Waals surface area contributed by atoms with Crippen LogP contribution in [0.2, 0.25) is 0 Å². The van der Waals surface area contributed by atoms with Crippen molar-refractivity contribution in [2.24, 2.45) is 0 Å². The fourth-order valence-electron chi connectivity index (χ4n) is 1.27. The summed E-state index contributed by atoms with van der Waals surface area (Å²) >= 11 is 0. The highest BCUT2D eigenvalue weighted by atomic mass is 16.3. The summed E-state index contributed by atoms with van der Waals surface area (Å²) in [4.78, 5) is 0. The largest absolute Gasteiger partial charge is 0.389 e. The monoisotopic (exact) mass is 184 g/mol. The van der Waals surface area contributed by atoms with Crippen LogP contribution >= 0.6 is 0 Å². The molecule has 0 unspecified atom stereocenters. The van der Waals surface area contributed by atoms with E-state index in [1.54, 1.807) is 0 Å². The van der Waals surface area contributed by atoms with Crippen LogP contribution in [0.1, 0.15) is 58.8 Å². The van der Waals surface area contributed by atoms with Crippen molar-refractivity contribution in [3.05, 3.63) is 12.2 Å². The average Bonchev–Trinajstić information content (AvgIpc) is 2.13. The Morgan fingerprint density at radius 3 is 2.38 bits per heavy atom. The molecule has 0 fully saturated rings. The highest BCUT2D eigenvalue weighted by Gasteiger charge is 1.96. The van der Waals surface area contributed by atoms with Crippen LogP contribution in [0.15, 0.2) is 12.2 Å². The van der Waals surface area contributed by atoms with Crippen molar-refractivity contribution in [1.29, 1.82) is 0 Å². The second-order valence-electron chi connectivity index (χ2n) is 3.63. The summed E-state index contributed by atoms with van der Waals surface area (Å²) in [5.74, 6) is 0. The molecule has 0 amide bonds. The first-order valence-electron chi connectivity index (χ1n) is 5.66. The molecule has 13 heavy (non-hydrogen) atoms. The Morgan fingerprint density at radius 2 is 1.77 bits per heavy atom. The summed E-state index contributed by atoms with van der Waals surface area (Å²) in [5.41, 5.74) is 0. The molecule has 1 N–H and O–H groups in total. The summed E-state index contributed by atoms with van der Waals surface area (Å²) in [6, 6.07) is 0. The van der Waals surface area contributed by atoms with Crippen molar-refractivity contribution < 1.29 is 5.11 Å². The van der Waals surface area contributed by atoms with E-state index in [-0.39, 0.29) is 6.10 Å². The number of allylic oxidation sites excluding steroid dienone is 1. The van der Waals surface area contributed by atoms with Gasteiger partial charge in [-0.15, -0.1) is 0 Å². The van der Waals surface area contributed by atoms with E-state index in [0.29, 0.717) is 0 Å². The van der Waals surface area contributed by atoms with Gasteiger partial charge in [-0.05, 0) is 12.8 Å². The van der Waals surface area contributed by atoms with E-state index in [2.05, 4.69) is 19.9 Å². The van der Waals surface area contributed by atoms with Gasteiger partial charge in [-0.25, -0.2) is 0 Å². The van der Waals surface area contributed by atoms with Crippen molar-refractivity contribution in [1.82, 2.24) is 0 Å². The molecule has 0 saturated heterocycles. The van der Waals surface area contributed by atoms with Crippen molar-refractivity contribution in [3.63, 3.8) is 0 Å². The van der Waals surface area contributed by atoms with Crippen molar-refractivity contribution in [2.75, 3.05) is 0 Å². The fourth-order valence-corrected chi connectivity index (χ4v) is 1.27. The van der Waals surface area contributed by atoms with Gasteiger partial charge in [0.1, 0.15) is 0 Å². The van der Waals surface area contributed by atoms with Crippen LogP contribution in [-0.2, 0) is 0 Å². The summed E-state index contributed by atoms with van der Waals surface area (Å²) in [7, 11) is 0. The van der Waals surface area contributed by atoms with E-state index in [0.717, 1.165) is 19.3 Å². The van der Waals surface area contributed by atoms with Crippen LogP contribution in [0, 0.1) is 0 Å². The number of unbranched alkanes of at least 4 members (excludes halogenated alkanes) is 4. The van der Waals surface area contributed by atoms with Gasteiger partial charge < -0.3 is 5.11 Å². The number of hydrogen-bond acceptors (Lipinski definition) is 1. The maximum atomic E-state index is 9.49. The third kappa shape index (κ3) is 9.62. The first kappa shape index (κ1) is 12.7. The minimum absolute atomic E-state index is 0.205. The Morgan fingerprint density at radius 1 is 1.08 bits per heavy atom. The van der Waals surface area contributed by atoms with E-state index in [1.165, 1.54) is 25.7 Å². The highest BCUT2D eigenvalue weighted by molar-refractivity contribution is 4.88. The molecular formula is C12H24O. The number of aliphatic hydroxyl groups excluding tert-OH is 1. The maximum absolute atomic E-state index is 9.49. The Kier molecular flexibility index (Phi) is 9.56. The van der Waals surface area contributed by atoms with Crippen LogP contribution in [0.3, 0.4) is 0 Å². The molecule has 0 heterocycles. The molecule has 1 heteroatoms. The Bertz CT molecular complexity index is 118. The minimum atomic E-state index is -0.205. The van der Waals surface area contributed by atoms with Gasteiger partial charge in [0.25, 0.3) is 0 Å². The third-order valence-electron chi connectivity index (χ3n) is 2.19. The Labute approximate surface area is 82.9 Å². The van der Waals surface area contributed by atoms with Crippen LogP contribution < -0.4 is 0 Å². The third-order valence-corrected chi connectivity index (χ3v) is 2.19. The first-order chi connectivity index (χ1) is 6.31. The minimum Gasteiger partial charge on any atom is -0.389 e. The molecule has 0 spiro atoms. The Hall–Kier alpha value is -0.300. The quantitative estimate of drug-likeness (QED) is 0.451. The number of rotatable bonds is 8. The normalized spacial score (nSPS) is 13.8. The molecule has 0 bridgehead atoms. The smallest absolute Gasteiger partial charge is 0.0720 e. The molecule has 1 nitrogen and oxygen atoms in total. The fraction of sp³-hybridized carbons (Fsp3) is 0.833. The van der Waals surface area contributed by atoms with E-state index in [1.807, 2.05) is 6.08 Å². The molecule has 0 aromatic carbocycles. The first-order valence-corrected chi connectivity index (χ1v) is 5.66. The molecule has 0 aliphatic heterocycles. The summed E-state index contributed by atoms with van der Waals surface area (Å²) in [5, 5.41) is 9.49. The summed E-state index contributed by atoms with van der Waals surface area (Å²) in [6.45, 7) is 4.37. The molecule has 0 rings (SSSR count). The molecule has 0 radical (unpaired) electrons. The lowest BCUT2D eigenvalue weighted by molar-refractivity contribution is 0.208. The maximum Gasteiger partial charge on any atom is 0.0720 e. The predicted molar refractivity (Wildman–Crippen MR) is 58.8 cm³/mol. The topological polar surface area (TPSA) is 20.2 Å². The van der Waals surface area contributed by atoms with Crippen LogP contribution in [0.25, 0.3) is 0 Å². The molecular weight excluding hydrogens is 160 g/mol. The molecule has 0 saturated carbocycles. The molecule has 78 valence electrons. The van der Waals surface area contributed by atoms with Gasteiger partial charge in [0.15, 0.2) is 0 Å². The van der Waals surface area contributed by atoms with Crippen molar-refractivity contribution in [3.8, 4) is 0 Å². The second kappa shape index (κ2) is 9.79. The molecule has 0 aliphatic carbocycles. The van der Waals surface area contributed by atoms with Gasteiger partial charge in [-0.1, -0.05) is 58.1 Å². The molecule has 1 atom stereocenters. The zero-order valence-corrected chi connectivity index (χ0v) is 9.13. The van der Waals surface area contributed by atoms with Gasteiger partial charge in [0.2, 0.25) is 0 Å². The van der Waals surface area contributed by atoms with Crippen LogP contribution in [0.4, 0.5) is 0 Å². The molecule has 0 aromatic rings. The van der Waals surface area contributed by atoms with Gasteiger partial charge in [0, 0.05) is 0 Å². The van der Waals surface area contributed by atoms with E-state index in [9.17, 15) is 5.11 Å².